The second-order valence-electron chi connectivity index (χ2n) is 6.54. The van der Waals surface area contributed by atoms with Crippen molar-refractivity contribution in [2.45, 2.75) is 46.3 Å². The molecule has 2 rings (SSSR count). The molecular formula is C16H25N3O3. The van der Waals surface area contributed by atoms with E-state index < -0.39 is 5.60 Å². The van der Waals surface area contributed by atoms with Gasteiger partial charge >= 0.3 is 6.09 Å². The van der Waals surface area contributed by atoms with Crippen molar-refractivity contribution in [2.24, 2.45) is 4.99 Å². The molecule has 0 fully saturated rings. The molecule has 0 saturated heterocycles. The second kappa shape index (κ2) is 6.42. The Morgan fingerprint density at radius 3 is 2.77 bits per heavy atom. The van der Waals surface area contributed by atoms with Crippen LogP contribution in [-0.4, -0.2) is 42.1 Å². The number of carbonyl (C=O) groups excluding carboxylic acids is 1. The topological polar surface area (TPSA) is 67.1 Å². The summed E-state index contributed by atoms with van der Waals surface area (Å²) in [6.07, 6.45) is -0.303. The molecule has 6 heteroatoms. The van der Waals surface area contributed by atoms with E-state index in [2.05, 4.69) is 10.3 Å². The summed E-state index contributed by atoms with van der Waals surface area (Å²) in [5, 5.41) is 3.30. The van der Waals surface area contributed by atoms with Gasteiger partial charge in [-0.2, -0.15) is 0 Å². The third-order valence-electron chi connectivity index (χ3n) is 3.24. The first-order valence-corrected chi connectivity index (χ1v) is 7.59. The number of nitrogens with one attached hydrogen (secondary N) is 1. The highest BCUT2D eigenvalue weighted by molar-refractivity contribution is 5.88. The van der Waals surface area contributed by atoms with Crippen molar-refractivity contribution in [1.29, 1.82) is 0 Å². The van der Waals surface area contributed by atoms with E-state index in [9.17, 15) is 4.79 Å². The summed E-state index contributed by atoms with van der Waals surface area (Å²) in [6, 6.07) is 3.89. The molecule has 1 unspecified atom stereocenters. The quantitative estimate of drug-likeness (QED) is 0.912. The molecular weight excluding hydrogens is 282 g/mol. The molecule has 0 spiro atoms. The molecule has 1 aliphatic rings. The fourth-order valence-electron chi connectivity index (χ4n) is 2.20. The summed E-state index contributed by atoms with van der Waals surface area (Å²) in [5.74, 6) is 2.51. The normalized spacial score (nSPS) is 17.0. The van der Waals surface area contributed by atoms with Gasteiger partial charge in [0.2, 0.25) is 0 Å². The maximum Gasteiger partial charge on any atom is 0.410 e. The van der Waals surface area contributed by atoms with Crippen LogP contribution in [0.3, 0.4) is 0 Å². The van der Waals surface area contributed by atoms with Crippen LogP contribution in [0.25, 0.3) is 0 Å². The largest absolute Gasteiger partial charge is 0.464 e. The van der Waals surface area contributed by atoms with Crippen molar-refractivity contribution in [3.05, 3.63) is 23.7 Å². The summed E-state index contributed by atoms with van der Waals surface area (Å²) in [7, 11) is 0. The van der Waals surface area contributed by atoms with Crippen LogP contribution in [0.4, 0.5) is 4.79 Å². The van der Waals surface area contributed by atoms with Gasteiger partial charge in [0.05, 0.1) is 19.1 Å². The van der Waals surface area contributed by atoms with Gasteiger partial charge in [-0.05, 0) is 46.8 Å². The van der Waals surface area contributed by atoms with E-state index in [0.29, 0.717) is 19.6 Å². The zero-order chi connectivity index (χ0) is 16.3. The van der Waals surface area contributed by atoms with E-state index in [-0.39, 0.29) is 12.1 Å². The number of aliphatic imine (C=N–C) groups is 1. The van der Waals surface area contributed by atoms with Gasteiger partial charge in [-0.3, -0.25) is 9.89 Å². The molecule has 1 atom stereocenters. The van der Waals surface area contributed by atoms with Gasteiger partial charge in [-0.1, -0.05) is 0 Å². The number of carbonyl (C=O) groups is 1. The van der Waals surface area contributed by atoms with E-state index >= 15 is 0 Å². The van der Waals surface area contributed by atoms with E-state index in [0.717, 1.165) is 17.4 Å². The predicted molar refractivity (Wildman–Crippen MR) is 85.1 cm³/mol. The fourth-order valence-corrected chi connectivity index (χ4v) is 2.20. The van der Waals surface area contributed by atoms with Crippen molar-refractivity contribution in [3.63, 3.8) is 0 Å². The standard InChI is InChI=1S/C16H25N3O3/c1-11-6-7-13(21-11)12(2)18-14-10-19(9-8-17-14)15(20)22-16(3,4)5/h6-7,12H,8-10H2,1-5H3,(H,17,18). The van der Waals surface area contributed by atoms with E-state index in [1.54, 1.807) is 4.90 Å². The van der Waals surface area contributed by atoms with Crippen LogP contribution in [0, 0.1) is 6.92 Å². The Labute approximate surface area is 131 Å². The van der Waals surface area contributed by atoms with Gasteiger partial charge in [0, 0.05) is 6.54 Å². The predicted octanol–water partition coefficient (Wildman–Crippen LogP) is 2.89. The van der Waals surface area contributed by atoms with Gasteiger partial charge in [0.15, 0.2) is 0 Å². The van der Waals surface area contributed by atoms with Crippen LogP contribution in [0.1, 0.15) is 45.3 Å². The fraction of sp³-hybridized carbons (Fsp3) is 0.625. The molecule has 1 aromatic rings. The minimum atomic E-state index is -0.488. The van der Waals surface area contributed by atoms with E-state index in [4.69, 9.17) is 9.15 Å². The number of amides is 1. The van der Waals surface area contributed by atoms with Crippen molar-refractivity contribution in [1.82, 2.24) is 10.2 Å². The first-order chi connectivity index (χ1) is 10.2. The van der Waals surface area contributed by atoms with Crippen LogP contribution in [0.5, 0.6) is 0 Å². The van der Waals surface area contributed by atoms with Gasteiger partial charge in [0.1, 0.15) is 23.0 Å². The Morgan fingerprint density at radius 2 is 2.18 bits per heavy atom. The summed E-state index contributed by atoms with van der Waals surface area (Å²) in [5.41, 5.74) is -0.488. The summed E-state index contributed by atoms with van der Waals surface area (Å²) in [4.78, 5) is 18.2. The first kappa shape index (κ1) is 16.4. The van der Waals surface area contributed by atoms with Crippen molar-refractivity contribution < 1.29 is 13.9 Å². The minimum absolute atomic E-state index is 0.00559. The Bertz CT molecular complexity index is 557. The monoisotopic (exact) mass is 307 g/mol. The van der Waals surface area contributed by atoms with Gasteiger partial charge in [0.25, 0.3) is 0 Å². The highest BCUT2D eigenvalue weighted by atomic mass is 16.6. The summed E-state index contributed by atoms with van der Waals surface area (Å²) >= 11 is 0. The molecule has 0 bridgehead atoms. The lowest BCUT2D eigenvalue weighted by atomic mass is 10.2. The Morgan fingerprint density at radius 1 is 1.45 bits per heavy atom. The zero-order valence-corrected chi connectivity index (χ0v) is 14.0. The lowest BCUT2D eigenvalue weighted by Crippen LogP contribution is -2.47. The number of furan rings is 1. The zero-order valence-electron chi connectivity index (χ0n) is 14.0. The lowest BCUT2D eigenvalue weighted by Gasteiger charge is -2.30. The maximum atomic E-state index is 12.1. The van der Waals surface area contributed by atoms with Crippen LogP contribution < -0.4 is 5.32 Å². The highest BCUT2D eigenvalue weighted by Gasteiger charge is 2.25. The number of nitrogens with zero attached hydrogens (tertiary/aromatic N) is 2. The average molecular weight is 307 g/mol. The van der Waals surface area contributed by atoms with Gasteiger partial charge in [-0.25, -0.2) is 4.79 Å². The smallest absolute Gasteiger partial charge is 0.410 e. The molecule has 0 saturated carbocycles. The molecule has 0 aliphatic carbocycles. The molecule has 1 aromatic heterocycles. The summed E-state index contributed by atoms with van der Waals surface area (Å²) in [6.45, 7) is 11.1. The molecule has 1 aliphatic heterocycles. The van der Waals surface area contributed by atoms with Crippen molar-refractivity contribution in [2.75, 3.05) is 19.6 Å². The number of ether oxygens (including phenoxy) is 1. The third-order valence-corrected chi connectivity index (χ3v) is 3.24. The molecule has 6 nitrogen and oxygen atoms in total. The van der Waals surface area contributed by atoms with Crippen LogP contribution in [-0.2, 0) is 4.74 Å². The van der Waals surface area contributed by atoms with Crippen LogP contribution >= 0.6 is 0 Å². The number of hydrogen-bond acceptors (Lipinski definition) is 5. The van der Waals surface area contributed by atoms with Crippen molar-refractivity contribution >= 4 is 11.9 Å². The number of aryl methyl sites for hydroxylation is 1. The van der Waals surface area contributed by atoms with Crippen LogP contribution in [0.2, 0.25) is 0 Å². The van der Waals surface area contributed by atoms with E-state index in [1.807, 2.05) is 46.8 Å². The maximum absolute atomic E-state index is 12.1. The SMILES string of the molecule is Cc1ccc(C(C)NC2=NCCN(C(=O)OC(C)(C)C)C2)o1. The highest BCUT2D eigenvalue weighted by Crippen LogP contribution is 2.16. The molecule has 1 N–H and O–H groups in total. The first-order valence-electron chi connectivity index (χ1n) is 7.59. The Hall–Kier alpha value is -1.98. The molecule has 122 valence electrons. The van der Waals surface area contributed by atoms with Crippen molar-refractivity contribution in [3.8, 4) is 0 Å². The van der Waals surface area contributed by atoms with Gasteiger partial charge < -0.3 is 14.5 Å². The Balaban J connectivity index is 1.93. The Kier molecular flexibility index (Phi) is 4.78. The molecule has 1 amide bonds. The lowest BCUT2D eigenvalue weighted by molar-refractivity contribution is 0.0276. The van der Waals surface area contributed by atoms with E-state index in [1.165, 1.54) is 0 Å². The number of rotatable bonds is 2. The average Bonchev–Trinajstić information content (AvgIpc) is 2.84. The molecule has 2 heterocycles. The van der Waals surface area contributed by atoms with Crippen LogP contribution in [0.15, 0.2) is 21.5 Å². The van der Waals surface area contributed by atoms with Gasteiger partial charge in [-0.15, -0.1) is 0 Å². The minimum Gasteiger partial charge on any atom is -0.464 e. The molecule has 0 radical (unpaired) electrons. The summed E-state index contributed by atoms with van der Waals surface area (Å²) < 4.78 is 11.0. The number of amidine groups is 1. The molecule has 22 heavy (non-hydrogen) atoms. The number of hydrogen-bond donors (Lipinski definition) is 1. The third kappa shape index (κ3) is 4.51. The molecule has 0 aromatic carbocycles. The second-order valence-corrected chi connectivity index (χ2v) is 6.54.